The maximum Gasteiger partial charge on any atom is 0.303 e. The molecule has 94 valence electrons. The summed E-state index contributed by atoms with van der Waals surface area (Å²) in [5, 5.41) is 0. The van der Waals surface area contributed by atoms with Crippen LogP contribution in [0.2, 0.25) is 0 Å². The minimum absolute atomic E-state index is 0.0632. The van der Waals surface area contributed by atoms with E-state index in [1.165, 1.54) is 6.92 Å². The molecule has 0 amide bonds. The average molecular weight is 238 g/mol. The lowest BCUT2D eigenvalue weighted by Gasteiger charge is -2.37. The lowest BCUT2D eigenvalue weighted by Crippen LogP contribution is -2.47. The molecule has 2 aliphatic carbocycles. The van der Waals surface area contributed by atoms with Gasteiger partial charge in [-0.15, -0.1) is 0 Å². The number of hydrogen-bond donors (Lipinski definition) is 0. The zero-order valence-corrected chi connectivity index (χ0v) is 10.2. The molecule has 0 radical (unpaired) electrons. The van der Waals surface area contributed by atoms with Crippen molar-refractivity contribution in [3.05, 3.63) is 0 Å². The second kappa shape index (κ2) is 4.24. The van der Waals surface area contributed by atoms with E-state index < -0.39 is 11.0 Å². The largest absolute Gasteiger partial charge is 0.451 e. The van der Waals surface area contributed by atoms with Crippen LogP contribution in [-0.2, 0) is 19.1 Å². The minimum Gasteiger partial charge on any atom is -0.451 e. The molecule has 0 aromatic heterocycles. The molecule has 2 bridgehead atoms. The molecule has 2 saturated carbocycles. The Hall–Kier alpha value is -1.19. The third-order valence-corrected chi connectivity index (χ3v) is 4.22. The Kier molecular flexibility index (Phi) is 3.06. The Labute approximate surface area is 101 Å². The Balaban J connectivity index is 2.21. The molecule has 0 N–H and O–H groups in total. The highest BCUT2D eigenvalue weighted by Gasteiger charge is 2.60. The maximum absolute atomic E-state index is 12.5. The molecule has 2 rings (SSSR count). The third-order valence-electron chi connectivity index (χ3n) is 4.22. The van der Waals surface area contributed by atoms with Gasteiger partial charge in [0.05, 0.1) is 0 Å². The van der Waals surface area contributed by atoms with Gasteiger partial charge >= 0.3 is 5.97 Å². The smallest absolute Gasteiger partial charge is 0.303 e. The fourth-order valence-corrected chi connectivity index (χ4v) is 3.46. The first kappa shape index (κ1) is 12.3. The molecule has 0 saturated heterocycles. The number of aldehydes is 1. The summed E-state index contributed by atoms with van der Waals surface area (Å²) in [6.45, 7) is 1.35. The molecule has 0 aromatic carbocycles. The van der Waals surface area contributed by atoms with Gasteiger partial charge in [0.15, 0.2) is 11.4 Å². The van der Waals surface area contributed by atoms with Crippen LogP contribution in [0.25, 0.3) is 0 Å². The molecule has 2 fully saturated rings. The lowest BCUT2D eigenvalue weighted by molar-refractivity contribution is -0.169. The summed E-state index contributed by atoms with van der Waals surface area (Å²) in [7, 11) is 0. The summed E-state index contributed by atoms with van der Waals surface area (Å²) < 4.78 is 5.31. The first-order valence-electron chi connectivity index (χ1n) is 6.23. The first-order valence-corrected chi connectivity index (χ1v) is 6.23. The van der Waals surface area contributed by atoms with E-state index in [4.69, 9.17) is 4.74 Å². The number of hydrogen-bond acceptors (Lipinski definition) is 4. The maximum atomic E-state index is 12.5. The zero-order chi connectivity index (χ0) is 12.5. The number of carbonyl (C=O) groups excluding carboxylic acids is 3. The molecule has 0 aliphatic heterocycles. The number of rotatable bonds is 4. The van der Waals surface area contributed by atoms with Crippen LogP contribution in [0.15, 0.2) is 0 Å². The quantitative estimate of drug-likeness (QED) is 0.553. The summed E-state index contributed by atoms with van der Waals surface area (Å²) in [4.78, 5) is 34.1. The molecule has 2 atom stereocenters. The minimum atomic E-state index is -0.868. The van der Waals surface area contributed by atoms with Gasteiger partial charge in [-0.2, -0.15) is 0 Å². The molecular formula is C13H18O4. The molecule has 17 heavy (non-hydrogen) atoms. The van der Waals surface area contributed by atoms with Crippen LogP contribution in [0.3, 0.4) is 0 Å². The van der Waals surface area contributed by atoms with Crippen molar-refractivity contribution in [2.24, 2.45) is 5.41 Å². The van der Waals surface area contributed by atoms with Crippen LogP contribution in [0.4, 0.5) is 0 Å². The van der Waals surface area contributed by atoms with Gasteiger partial charge in [-0.05, 0) is 38.5 Å². The fourth-order valence-electron chi connectivity index (χ4n) is 3.46. The zero-order valence-electron chi connectivity index (χ0n) is 10.2. The third kappa shape index (κ3) is 1.90. The molecule has 0 heterocycles. The normalized spacial score (nSPS) is 35.7. The number of ketones is 1. The van der Waals surface area contributed by atoms with Gasteiger partial charge in [0.2, 0.25) is 0 Å². The van der Waals surface area contributed by atoms with E-state index in [1.807, 2.05) is 0 Å². The van der Waals surface area contributed by atoms with Gasteiger partial charge in [0.25, 0.3) is 0 Å². The van der Waals surface area contributed by atoms with Crippen molar-refractivity contribution >= 4 is 18.0 Å². The molecule has 4 heteroatoms. The van der Waals surface area contributed by atoms with E-state index in [0.717, 1.165) is 25.5 Å². The average Bonchev–Trinajstić information content (AvgIpc) is 2.46. The highest BCUT2D eigenvalue weighted by molar-refractivity contribution is 5.97. The van der Waals surface area contributed by atoms with Crippen molar-refractivity contribution in [2.45, 2.75) is 57.5 Å². The van der Waals surface area contributed by atoms with Gasteiger partial charge < -0.3 is 9.53 Å². The summed E-state index contributed by atoms with van der Waals surface area (Å²) in [6, 6.07) is 0. The molecular weight excluding hydrogens is 220 g/mol. The number of Topliss-reactive ketones (excluding diaryl/α,β-unsaturated/α-hetero) is 1. The Bertz CT molecular complexity index is 362. The standard InChI is InChI=1S/C13H18O4/c1-10(15)17-13-6-2-4-12(7-8-13,11(13)16)5-3-9-14/h9H,2-8H2,1H3. The highest BCUT2D eigenvalue weighted by Crippen LogP contribution is 2.54. The Morgan fingerprint density at radius 3 is 2.76 bits per heavy atom. The molecule has 2 aliphatic rings. The monoisotopic (exact) mass is 238 g/mol. The van der Waals surface area contributed by atoms with Gasteiger partial charge in [0, 0.05) is 18.8 Å². The van der Waals surface area contributed by atoms with E-state index in [2.05, 4.69) is 0 Å². The highest BCUT2D eigenvalue weighted by atomic mass is 16.6. The van der Waals surface area contributed by atoms with E-state index in [9.17, 15) is 14.4 Å². The van der Waals surface area contributed by atoms with Crippen LogP contribution in [0.1, 0.15) is 51.9 Å². The van der Waals surface area contributed by atoms with Crippen LogP contribution in [0.5, 0.6) is 0 Å². The fraction of sp³-hybridized carbons (Fsp3) is 0.769. The van der Waals surface area contributed by atoms with Gasteiger partial charge in [-0.1, -0.05) is 0 Å². The molecule has 0 aromatic rings. The second-order valence-electron chi connectivity index (χ2n) is 5.26. The van der Waals surface area contributed by atoms with Crippen molar-refractivity contribution in [3.63, 3.8) is 0 Å². The Morgan fingerprint density at radius 1 is 1.35 bits per heavy atom. The van der Waals surface area contributed by atoms with Crippen LogP contribution >= 0.6 is 0 Å². The number of esters is 1. The number of ether oxygens (including phenoxy) is 1. The van der Waals surface area contributed by atoms with Crippen LogP contribution in [0, 0.1) is 5.41 Å². The summed E-state index contributed by atoms with van der Waals surface area (Å²) in [5.41, 5.74) is -1.26. The lowest BCUT2D eigenvalue weighted by atomic mass is 9.70. The van der Waals surface area contributed by atoms with Crippen molar-refractivity contribution in [1.29, 1.82) is 0 Å². The number of fused-ring (bicyclic) bond motifs is 2. The van der Waals surface area contributed by atoms with Crippen molar-refractivity contribution in [3.8, 4) is 0 Å². The van der Waals surface area contributed by atoms with E-state index in [1.54, 1.807) is 0 Å². The molecule has 0 spiro atoms. The van der Waals surface area contributed by atoms with Crippen molar-refractivity contribution < 1.29 is 19.1 Å². The van der Waals surface area contributed by atoms with E-state index in [0.29, 0.717) is 25.7 Å². The van der Waals surface area contributed by atoms with Crippen LogP contribution < -0.4 is 0 Å². The first-order chi connectivity index (χ1) is 8.05. The topological polar surface area (TPSA) is 60.4 Å². The number of carbonyl (C=O) groups is 3. The summed E-state index contributed by atoms with van der Waals surface area (Å²) in [6.07, 6.45) is 5.66. The summed E-state index contributed by atoms with van der Waals surface area (Å²) >= 11 is 0. The van der Waals surface area contributed by atoms with Gasteiger partial charge in [-0.3, -0.25) is 9.59 Å². The molecule has 2 unspecified atom stereocenters. The van der Waals surface area contributed by atoms with E-state index >= 15 is 0 Å². The van der Waals surface area contributed by atoms with E-state index in [-0.39, 0.29) is 11.8 Å². The van der Waals surface area contributed by atoms with Crippen LogP contribution in [-0.4, -0.2) is 23.6 Å². The summed E-state index contributed by atoms with van der Waals surface area (Å²) in [5.74, 6) is -0.320. The SMILES string of the molecule is CC(=O)OC12CCCC(CCC=O)(CC1)C2=O. The Morgan fingerprint density at radius 2 is 2.12 bits per heavy atom. The predicted octanol–water partition coefficient (Wildman–Crippen LogP) is 1.80. The van der Waals surface area contributed by atoms with Gasteiger partial charge in [0.1, 0.15) is 6.29 Å². The molecule has 4 nitrogen and oxygen atoms in total. The van der Waals surface area contributed by atoms with Crippen molar-refractivity contribution in [1.82, 2.24) is 0 Å². The second-order valence-corrected chi connectivity index (χ2v) is 5.26. The van der Waals surface area contributed by atoms with Crippen molar-refractivity contribution in [2.75, 3.05) is 0 Å². The predicted molar refractivity (Wildman–Crippen MR) is 60.3 cm³/mol. The van der Waals surface area contributed by atoms with Gasteiger partial charge in [-0.25, -0.2) is 0 Å².